The molecule has 0 fully saturated rings. The van der Waals surface area contributed by atoms with Crippen molar-refractivity contribution in [1.29, 1.82) is 0 Å². The number of methoxy groups -OCH3 is 3. The fourth-order valence-electron chi connectivity index (χ4n) is 2.56. The molecule has 0 radical (unpaired) electrons. The van der Waals surface area contributed by atoms with Crippen molar-refractivity contribution in [2.75, 3.05) is 34.5 Å². The topological polar surface area (TPSA) is 107 Å². The van der Waals surface area contributed by atoms with Gasteiger partial charge in [-0.25, -0.2) is 5.43 Å². The summed E-state index contributed by atoms with van der Waals surface area (Å²) in [5.74, 6) is 0.655. The van der Waals surface area contributed by atoms with Crippen molar-refractivity contribution in [3.05, 3.63) is 60.2 Å². The molecule has 2 aromatic carbocycles. The van der Waals surface area contributed by atoms with Gasteiger partial charge in [-0.2, -0.15) is 5.10 Å². The van der Waals surface area contributed by atoms with Gasteiger partial charge in [0.15, 0.2) is 11.5 Å². The third-order valence-corrected chi connectivity index (χ3v) is 4.01. The fourth-order valence-corrected chi connectivity index (χ4v) is 2.56. The van der Waals surface area contributed by atoms with E-state index in [1.165, 1.54) is 39.7 Å². The number of carbonyl (C=O) groups excluding carboxylic acids is 2. The number of amides is 2. The van der Waals surface area contributed by atoms with Crippen molar-refractivity contribution in [1.82, 2.24) is 10.7 Å². The molecule has 2 N–H and O–H groups in total. The summed E-state index contributed by atoms with van der Waals surface area (Å²) in [4.78, 5) is 24.4. The van der Waals surface area contributed by atoms with Crippen molar-refractivity contribution in [2.45, 2.75) is 0 Å². The molecule has 9 heteroatoms. The van der Waals surface area contributed by atoms with E-state index in [4.69, 9.17) is 18.9 Å². The van der Waals surface area contributed by atoms with Crippen LogP contribution in [0.25, 0.3) is 0 Å². The van der Waals surface area contributed by atoms with Crippen molar-refractivity contribution < 1.29 is 28.5 Å². The normalized spacial score (nSPS) is 10.3. The van der Waals surface area contributed by atoms with Gasteiger partial charge in [0.1, 0.15) is 12.4 Å². The summed E-state index contributed by atoms with van der Waals surface area (Å²) in [5.41, 5.74) is 3.29. The quantitative estimate of drug-likeness (QED) is 0.323. The highest BCUT2D eigenvalue weighted by Gasteiger charge is 2.17. The van der Waals surface area contributed by atoms with E-state index < -0.39 is 11.8 Å². The van der Waals surface area contributed by atoms with Crippen LogP contribution in [0.5, 0.6) is 23.0 Å². The maximum atomic E-state index is 12.4. The van der Waals surface area contributed by atoms with Crippen molar-refractivity contribution in [2.24, 2.45) is 5.10 Å². The molecule has 0 aliphatic rings. The summed E-state index contributed by atoms with van der Waals surface area (Å²) in [5, 5.41) is 6.41. The molecule has 0 unspecified atom stereocenters. The van der Waals surface area contributed by atoms with Crippen LogP contribution >= 0.6 is 0 Å². The second-order valence-corrected chi connectivity index (χ2v) is 6.03. The summed E-state index contributed by atoms with van der Waals surface area (Å²) >= 11 is 0. The predicted octanol–water partition coefficient (Wildman–Crippen LogP) is 2.16. The number of ether oxygens (including phenoxy) is 4. The lowest BCUT2D eigenvalue weighted by molar-refractivity contribution is -0.120. The Morgan fingerprint density at radius 3 is 2.32 bits per heavy atom. The van der Waals surface area contributed by atoms with Gasteiger partial charge >= 0.3 is 0 Å². The van der Waals surface area contributed by atoms with Gasteiger partial charge in [0.05, 0.1) is 34.1 Å². The van der Waals surface area contributed by atoms with Crippen LogP contribution in [-0.4, -0.2) is 52.5 Å². The smallest absolute Gasteiger partial charge is 0.259 e. The monoisotopic (exact) mass is 427 g/mol. The summed E-state index contributed by atoms with van der Waals surface area (Å²) in [7, 11) is 4.37. The van der Waals surface area contributed by atoms with Gasteiger partial charge < -0.3 is 24.3 Å². The second kappa shape index (κ2) is 11.9. The van der Waals surface area contributed by atoms with Crippen LogP contribution in [0.1, 0.15) is 15.9 Å². The number of carbonyl (C=O) groups is 2. The zero-order valence-corrected chi connectivity index (χ0v) is 17.6. The first-order valence-electron chi connectivity index (χ1n) is 9.26. The number of rotatable bonds is 11. The molecule has 0 saturated heterocycles. The molecule has 164 valence electrons. The largest absolute Gasteiger partial charge is 0.493 e. The minimum absolute atomic E-state index is 0.249. The Morgan fingerprint density at radius 1 is 1.03 bits per heavy atom. The molecule has 0 heterocycles. The Morgan fingerprint density at radius 2 is 1.71 bits per heavy atom. The summed E-state index contributed by atoms with van der Waals surface area (Å²) in [6, 6.07) is 10.2. The Labute approximate surface area is 180 Å². The van der Waals surface area contributed by atoms with E-state index in [9.17, 15) is 9.59 Å². The highest BCUT2D eigenvalue weighted by Crippen LogP contribution is 2.38. The lowest BCUT2D eigenvalue weighted by Crippen LogP contribution is -2.35. The molecular formula is C22H25N3O6. The van der Waals surface area contributed by atoms with E-state index in [-0.39, 0.29) is 12.1 Å². The fraction of sp³-hybridized carbons (Fsp3) is 0.227. The number of para-hydroxylation sites is 1. The van der Waals surface area contributed by atoms with E-state index in [1.807, 2.05) is 12.1 Å². The standard InChI is InChI=1S/C22H25N3O6/c1-5-10-31-17-9-7-6-8-15(17)13-24-25-20(26)14-23-22(27)16-11-18(28-2)21(30-4)19(12-16)29-3/h5-9,11-13H,1,10,14H2,2-4H3,(H,23,27)(H,25,26)/b24-13+. The minimum atomic E-state index is -0.499. The number of hydrazone groups is 1. The van der Waals surface area contributed by atoms with E-state index >= 15 is 0 Å². The van der Waals surface area contributed by atoms with Crippen molar-refractivity contribution in [3.63, 3.8) is 0 Å². The van der Waals surface area contributed by atoms with E-state index in [2.05, 4.69) is 22.4 Å². The van der Waals surface area contributed by atoms with Crippen LogP contribution in [-0.2, 0) is 4.79 Å². The highest BCUT2D eigenvalue weighted by atomic mass is 16.5. The molecule has 0 bridgehead atoms. The first kappa shape index (κ1) is 23.3. The molecular weight excluding hydrogens is 402 g/mol. The van der Waals surface area contributed by atoms with Crippen LogP contribution in [0.3, 0.4) is 0 Å². The Balaban J connectivity index is 1.95. The molecule has 0 aliphatic heterocycles. The van der Waals surface area contributed by atoms with Gasteiger partial charge in [-0.1, -0.05) is 24.8 Å². The van der Waals surface area contributed by atoms with E-state index in [0.29, 0.717) is 35.2 Å². The summed E-state index contributed by atoms with van der Waals surface area (Å²) in [6.45, 7) is 3.68. The van der Waals surface area contributed by atoms with Gasteiger partial charge in [-0.15, -0.1) is 0 Å². The molecule has 0 aliphatic carbocycles. The van der Waals surface area contributed by atoms with E-state index in [1.54, 1.807) is 18.2 Å². The number of nitrogens with zero attached hydrogens (tertiary/aromatic N) is 1. The predicted molar refractivity (Wildman–Crippen MR) is 116 cm³/mol. The highest BCUT2D eigenvalue weighted by molar-refractivity contribution is 5.97. The number of nitrogens with one attached hydrogen (secondary N) is 2. The van der Waals surface area contributed by atoms with Crippen LogP contribution < -0.4 is 29.7 Å². The van der Waals surface area contributed by atoms with Gasteiger partial charge in [-0.05, 0) is 24.3 Å². The van der Waals surface area contributed by atoms with Gasteiger partial charge in [0.2, 0.25) is 5.75 Å². The summed E-state index contributed by atoms with van der Waals surface area (Å²) in [6.07, 6.45) is 3.09. The van der Waals surface area contributed by atoms with Gasteiger partial charge in [0, 0.05) is 11.1 Å². The molecule has 0 atom stereocenters. The lowest BCUT2D eigenvalue weighted by Gasteiger charge is -2.14. The Kier molecular flexibility index (Phi) is 8.90. The first-order valence-corrected chi connectivity index (χ1v) is 9.26. The molecule has 9 nitrogen and oxygen atoms in total. The Hall–Kier alpha value is -4.01. The molecule has 0 aromatic heterocycles. The summed E-state index contributed by atoms with van der Waals surface area (Å²) < 4.78 is 21.2. The van der Waals surface area contributed by atoms with Gasteiger partial charge in [0.25, 0.3) is 11.8 Å². The molecule has 2 rings (SSSR count). The molecule has 2 aromatic rings. The van der Waals surface area contributed by atoms with Crippen molar-refractivity contribution >= 4 is 18.0 Å². The molecule has 0 spiro atoms. The minimum Gasteiger partial charge on any atom is -0.493 e. The molecule has 31 heavy (non-hydrogen) atoms. The first-order chi connectivity index (χ1) is 15.0. The third kappa shape index (κ3) is 6.49. The van der Waals surface area contributed by atoms with Crippen LogP contribution in [0.15, 0.2) is 54.2 Å². The maximum Gasteiger partial charge on any atom is 0.259 e. The third-order valence-electron chi connectivity index (χ3n) is 4.01. The zero-order valence-electron chi connectivity index (χ0n) is 17.6. The number of hydrogen-bond acceptors (Lipinski definition) is 7. The number of benzene rings is 2. The van der Waals surface area contributed by atoms with Crippen LogP contribution in [0.4, 0.5) is 0 Å². The maximum absolute atomic E-state index is 12.4. The average Bonchev–Trinajstić information content (AvgIpc) is 2.80. The number of hydrogen-bond donors (Lipinski definition) is 2. The lowest BCUT2D eigenvalue weighted by atomic mass is 10.1. The molecule has 0 saturated carbocycles. The molecule has 2 amide bonds. The SMILES string of the molecule is C=CCOc1ccccc1/C=N/NC(=O)CNC(=O)c1cc(OC)c(OC)c(OC)c1. The van der Waals surface area contributed by atoms with Crippen molar-refractivity contribution in [3.8, 4) is 23.0 Å². The van der Waals surface area contributed by atoms with E-state index in [0.717, 1.165) is 0 Å². The zero-order chi connectivity index (χ0) is 22.6. The average molecular weight is 427 g/mol. The van der Waals surface area contributed by atoms with Gasteiger partial charge in [-0.3, -0.25) is 9.59 Å². The van der Waals surface area contributed by atoms with Crippen LogP contribution in [0.2, 0.25) is 0 Å². The Bertz CT molecular complexity index is 933. The van der Waals surface area contributed by atoms with Crippen LogP contribution in [0, 0.1) is 0 Å². The second-order valence-electron chi connectivity index (χ2n) is 6.03.